The van der Waals surface area contributed by atoms with Crippen LogP contribution in [0.4, 0.5) is 5.69 Å². The van der Waals surface area contributed by atoms with Gasteiger partial charge in [-0.2, -0.15) is 0 Å². The van der Waals surface area contributed by atoms with Crippen molar-refractivity contribution in [2.45, 2.75) is 33.4 Å². The van der Waals surface area contributed by atoms with Crippen LogP contribution in [0.3, 0.4) is 0 Å². The number of hydrogen-bond donors (Lipinski definition) is 2. The first-order valence-electron chi connectivity index (χ1n) is 9.14. The van der Waals surface area contributed by atoms with Crippen molar-refractivity contribution in [3.63, 3.8) is 0 Å². The monoisotopic (exact) mass is 380 g/mol. The van der Waals surface area contributed by atoms with E-state index in [1.807, 2.05) is 31.2 Å². The van der Waals surface area contributed by atoms with E-state index in [1.165, 1.54) is 21.6 Å². The van der Waals surface area contributed by atoms with Gasteiger partial charge in [-0.05, 0) is 26.0 Å². The number of anilines is 1. The molecule has 2 N–H and O–H groups in total. The summed E-state index contributed by atoms with van der Waals surface area (Å²) < 4.78 is 0. The third-order valence-corrected chi connectivity index (χ3v) is 5.25. The molecule has 27 heavy (non-hydrogen) atoms. The SMILES string of the molecule is Cc1ccc(C[NH+](C)Cc2csc(CC(=O)Nc3ccc(C)cc3)n2)cc1. The summed E-state index contributed by atoms with van der Waals surface area (Å²) in [5.41, 5.74) is 5.65. The van der Waals surface area contributed by atoms with E-state index in [-0.39, 0.29) is 5.91 Å². The summed E-state index contributed by atoms with van der Waals surface area (Å²) in [6.45, 7) is 5.94. The van der Waals surface area contributed by atoms with Crippen LogP contribution >= 0.6 is 11.3 Å². The summed E-state index contributed by atoms with van der Waals surface area (Å²) in [4.78, 5) is 18.2. The van der Waals surface area contributed by atoms with E-state index in [4.69, 9.17) is 0 Å². The van der Waals surface area contributed by atoms with Crippen molar-refractivity contribution in [3.8, 4) is 0 Å². The molecule has 0 saturated carbocycles. The zero-order valence-corrected chi connectivity index (χ0v) is 16.9. The predicted molar refractivity (Wildman–Crippen MR) is 111 cm³/mol. The van der Waals surface area contributed by atoms with Gasteiger partial charge in [-0.3, -0.25) is 4.79 Å². The first kappa shape index (κ1) is 19.3. The van der Waals surface area contributed by atoms with Gasteiger partial charge in [0.2, 0.25) is 5.91 Å². The lowest BCUT2D eigenvalue weighted by atomic mass is 10.1. The number of aromatic nitrogens is 1. The van der Waals surface area contributed by atoms with Crippen molar-refractivity contribution >= 4 is 22.9 Å². The van der Waals surface area contributed by atoms with Gasteiger partial charge in [0.15, 0.2) is 0 Å². The van der Waals surface area contributed by atoms with Gasteiger partial charge in [-0.15, -0.1) is 11.3 Å². The number of amides is 1. The molecule has 0 radical (unpaired) electrons. The summed E-state index contributed by atoms with van der Waals surface area (Å²) in [6, 6.07) is 16.5. The van der Waals surface area contributed by atoms with Crippen LogP contribution in [-0.2, 0) is 24.3 Å². The molecule has 0 saturated heterocycles. The maximum absolute atomic E-state index is 12.2. The highest BCUT2D eigenvalue weighted by Gasteiger charge is 2.12. The Bertz CT molecular complexity index is 885. The number of quaternary nitrogens is 1. The number of carbonyl (C=O) groups excluding carboxylic acids is 1. The van der Waals surface area contributed by atoms with Crippen molar-refractivity contribution < 1.29 is 9.69 Å². The molecule has 1 atom stereocenters. The van der Waals surface area contributed by atoms with Gasteiger partial charge in [-0.1, -0.05) is 47.5 Å². The predicted octanol–water partition coefficient (Wildman–Crippen LogP) is 3.16. The van der Waals surface area contributed by atoms with E-state index >= 15 is 0 Å². The summed E-state index contributed by atoms with van der Waals surface area (Å²) in [7, 11) is 2.17. The lowest BCUT2D eigenvalue weighted by molar-refractivity contribution is -0.908. The Morgan fingerprint density at radius 1 is 1.00 bits per heavy atom. The second kappa shape index (κ2) is 8.93. The number of hydrogen-bond acceptors (Lipinski definition) is 3. The fourth-order valence-electron chi connectivity index (χ4n) is 2.92. The molecule has 1 amide bonds. The topological polar surface area (TPSA) is 46.4 Å². The van der Waals surface area contributed by atoms with E-state index in [2.05, 4.69) is 53.9 Å². The molecule has 5 heteroatoms. The zero-order valence-electron chi connectivity index (χ0n) is 16.1. The molecule has 3 rings (SSSR count). The largest absolute Gasteiger partial charge is 0.329 e. The third kappa shape index (κ3) is 6.01. The van der Waals surface area contributed by atoms with Gasteiger partial charge < -0.3 is 10.2 Å². The molecule has 1 aromatic heterocycles. The Labute approximate surface area is 164 Å². The lowest BCUT2D eigenvalue weighted by Crippen LogP contribution is -3.06. The molecule has 0 bridgehead atoms. The molecular formula is C22H26N3OS+. The average Bonchev–Trinajstić information content (AvgIpc) is 3.05. The molecule has 1 unspecified atom stereocenters. The zero-order chi connectivity index (χ0) is 19.2. The van der Waals surface area contributed by atoms with Gasteiger partial charge in [0, 0.05) is 16.6 Å². The number of nitrogens with one attached hydrogen (secondary N) is 2. The molecule has 3 aromatic rings. The molecule has 0 aliphatic heterocycles. The number of thiazole rings is 1. The first-order chi connectivity index (χ1) is 13.0. The van der Waals surface area contributed by atoms with Gasteiger partial charge >= 0.3 is 0 Å². The van der Waals surface area contributed by atoms with Gasteiger partial charge in [-0.25, -0.2) is 4.98 Å². The van der Waals surface area contributed by atoms with Crippen molar-refractivity contribution in [1.82, 2.24) is 4.98 Å². The van der Waals surface area contributed by atoms with Gasteiger partial charge in [0.1, 0.15) is 23.8 Å². The molecule has 0 fully saturated rings. The van der Waals surface area contributed by atoms with E-state index < -0.39 is 0 Å². The van der Waals surface area contributed by atoms with Crippen molar-refractivity contribution in [3.05, 3.63) is 81.3 Å². The van der Waals surface area contributed by atoms with Crippen LogP contribution in [0.15, 0.2) is 53.9 Å². The van der Waals surface area contributed by atoms with Gasteiger partial charge in [0.25, 0.3) is 0 Å². The van der Waals surface area contributed by atoms with Crippen molar-refractivity contribution in [2.75, 3.05) is 12.4 Å². The lowest BCUT2D eigenvalue weighted by Gasteiger charge is -2.12. The van der Waals surface area contributed by atoms with Crippen molar-refractivity contribution in [1.29, 1.82) is 0 Å². The van der Waals surface area contributed by atoms with Crippen LogP contribution in [0, 0.1) is 13.8 Å². The standard InChI is InChI=1S/C22H25N3OS/c1-16-4-8-18(9-5-16)13-25(3)14-20-15-27-22(24-20)12-21(26)23-19-10-6-17(2)7-11-19/h4-11,15H,12-14H2,1-3H3,(H,23,26)/p+1. The van der Waals surface area contributed by atoms with Crippen LogP contribution in [0.1, 0.15) is 27.4 Å². The Morgan fingerprint density at radius 3 is 2.30 bits per heavy atom. The second-order valence-electron chi connectivity index (χ2n) is 7.12. The molecule has 140 valence electrons. The number of aryl methyl sites for hydroxylation is 2. The number of carbonyl (C=O) groups is 1. The highest BCUT2D eigenvalue weighted by atomic mass is 32.1. The Balaban J connectivity index is 1.50. The van der Waals surface area contributed by atoms with Crippen LogP contribution in [-0.4, -0.2) is 17.9 Å². The minimum absolute atomic E-state index is 0.0277. The highest BCUT2D eigenvalue weighted by molar-refractivity contribution is 7.09. The quantitative estimate of drug-likeness (QED) is 0.661. The van der Waals surface area contributed by atoms with Crippen molar-refractivity contribution in [2.24, 2.45) is 0 Å². The van der Waals surface area contributed by atoms with Crippen LogP contribution in [0.5, 0.6) is 0 Å². The van der Waals surface area contributed by atoms with Crippen LogP contribution in [0.2, 0.25) is 0 Å². The minimum Gasteiger partial charge on any atom is -0.329 e. The molecule has 1 heterocycles. The average molecular weight is 381 g/mol. The second-order valence-corrected chi connectivity index (χ2v) is 8.06. The highest BCUT2D eigenvalue weighted by Crippen LogP contribution is 2.13. The third-order valence-electron chi connectivity index (χ3n) is 4.36. The fourth-order valence-corrected chi connectivity index (χ4v) is 3.71. The van der Waals surface area contributed by atoms with E-state index in [0.717, 1.165) is 29.5 Å². The smallest absolute Gasteiger partial charge is 0.231 e. The maximum atomic E-state index is 12.2. The van der Waals surface area contributed by atoms with E-state index in [1.54, 1.807) is 11.3 Å². The van der Waals surface area contributed by atoms with Crippen LogP contribution in [0.25, 0.3) is 0 Å². The molecule has 0 aliphatic carbocycles. The van der Waals surface area contributed by atoms with E-state index in [0.29, 0.717) is 6.42 Å². The normalized spacial score (nSPS) is 12.0. The Morgan fingerprint density at radius 2 is 1.63 bits per heavy atom. The fraction of sp³-hybridized carbons (Fsp3) is 0.273. The number of benzene rings is 2. The summed E-state index contributed by atoms with van der Waals surface area (Å²) in [5, 5.41) is 5.85. The first-order valence-corrected chi connectivity index (χ1v) is 10.0. The van der Waals surface area contributed by atoms with Gasteiger partial charge in [0.05, 0.1) is 13.5 Å². The minimum atomic E-state index is -0.0277. The molecule has 0 aliphatic rings. The number of nitrogens with zero attached hydrogens (tertiary/aromatic N) is 1. The van der Waals surface area contributed by atoms with E-state index in [9.17, 15) is 4.79 Å². The summed E-state index contributed by atoms with van der Waals surface area (Å²) in [5.74, 6) is -0.0277. The van der Waals surface area contributed by atoms with Crippen LogP contribution < -0.4 is 10.2 Å². The molecule has 2 aromatic carbocycles. The summed E-state index contributed by atoms with van der Waals surface area (Å²) >= 11 is 1.56. The molecule has 0 spiro atoms. The molecule has 4 nitrogen and oxygen atoms in total. The number of rotatable bonds is 7. The maximum Gasteiger partial charge on any atom is 0.231 e. The Kier molecular flexibility index (Phi) is 6.37. The summed E-state index contributed by atoms with van der Waals surface area (Å²) in [6.07, 6.45) is 0.315. The Hall–Kier alpha value is -2.50. The molecular weight excluding hydrogens is 354 g/mol.